The molecule has 0 bridgehead atoms. The summed E-state index contributed by atoms with van der Waals surface area (Å²) in [5, 5.41) is 6.77. The molecule has 0 aromatic heterocycles. The highest BCUT2D eigenvalue weighted by Crippen LogP contribution is 2.34. The van der Waals surface area contributed by atoms with Crippen LogP contribution in [0.1, 0.15) is 46.7 Å². The second-order valence-electron chi connectivity index (χ2n) is 9.02. The number of hydrogen-bond donors (Lipinski definition) is 2. The summed E-state index contributed by atoms with van der Waals surface area (Å²) in [4.78, 5) is 24.5. The Morgan fingerprint density at radius 2 is 1.71 bits per heavy atom. The number of nitrogens with one attached hydrogen (secondary N) is 2. The predicted molar refractivity (Wildman–Crippen MR) is 152 cm³/mol. The molecule has 38 heavy (non-hydrogen) atoms. The lowest BCUT2D eigenvalue weighted by Crippen LogP contribution is -2.24. The average molecular weight is 514 g/mol. The van der Waals surface area contributed by atoms with Gasteiger partial charge < -0.3 is 14.8 Å². The van der Waals surface area contributed by atoms with E-state index in [1.165, 1.54) is 11.8 Å². The molecule has 0 spiro atoms. The number of hydrogen-bond acceptors (Lipinski definition) is 5. The number of aryl methyl sites for hydroxylation is 3. The molecule has 0 aliphatic rings. The molecule has 0 aliphatic carbocycles. The topological polar surface area (TPSA) is 89.0 Å². The van der Waals surface area contributed by atoms with Crippen LogP contribution in [0, 0.1) is 20.8 Å². The van der Waals surface area contributed by atoms with Gasteiger partial charge in [-0.3, -0.25) is 9.59 Å². The Balaban J connectivity index is 1.66. The molecule has 0 radical (unpaired) electrons. The maximum absolute atomic E-state index is 12.2. The highest BCUT2D eigenvalue weighted by Gasteiger charge is 2.14. The van der Waals surface area contributed by atoms with Crippen molar-refractivity contribution in [3.63, 3.8) is 0 Å². The average Bonchev–Trinajstić information content (AvgIpc) is 2.87. The van der Waals surface area contributed by atoms with Gasteiger partial charge in [0.15, 0.2) is 11.5 Å². The number of rotatable bonds is 12. The van der Waals surface area contributed by atoms with E-state index in [0.717, 1.165) is 22.3 Å². The van der Waals surface area contributed by atoms with Gasteiger partial charge in [0, 0.05) is 11.3 Å². The molecule has 3 aromatic rings. The van der Waals surface area contributed by atoms with E-state index in [9.17, 15) is 9.59 Å². The first-order chi connectivity index (χ1) is 18.3. The van der Waals surface area contributed by atoms with E-state index >= 15 is 0 Å². The number of nitrogens with zero attached hydrogens (tertiary/aromatic N) is 1. The number of carbonyl (C=O) groups excluding carboxylic acids is 2. The Morgan fingerprint density at radius 1 is 0.947 bits per heavy atom. The van der Waals surface area contributed by atoms with E-state index in [1.54, 1.807) is 12.1 Å². The van der Waals surface area contributed by atoms with Crippen LogP contribution in [0.2, 0.25) is 0 Å². The van der Waals surface area contributed by atoms with Gasteiger partial charge in [-0.25, -0.2) is 5.43 Å². The van der Waals surface area contributed by atoms with Gasteiger partial charge in [-0.2, -0.15) is 5.10 Å². The van der Waals surface area contributed by atoms with Crippen molar-refractivity contribution >= 4 is 23.7 Å². The molecule has 198 valence electrons. The molecular weight excluding hydrogens is 478 g/mol. The Morgan fingerprint density at radius 3 is 2.39 bits per heavy atom. The van der Waals surface area contributed by atoms with E-state index in [0.29, 0.717) is 42.4 Å². The summed E-state index contributed by atoms with van der Waals surface area (Å²) in [6, 6.07) is 17.5. The van der Waals surface area contributed by atoms with Gasteiger partial charge in [-0.05, 0) is 80.6 Å². The molecule has 0 unspecified atom stereocenters. The zero-order valence-corrected chi connectivity index (χ0v) is 22.5. The van der Waals surface area contributed by atoms with Gasteiger partial charge in [0.1, 0.15) is 13.0 Å². The molecule has 2 N–H and O–H groups in total. The Labute approximate surface area is 224 Å². The van der Waals surface area contributed by atoms with Gasteiger partial charge in [0.05, 0.1) is 12.8 Å². The van der Waals surface area contributed by atoms with Crippen LogP contribution in [0.3, 0.4) is 0 Å². The van der Waals surface area contributed by atoms with Crippen LogP contribution >= 0.6 is 0 Å². The summed E-state index contributed by atoms with van der Waals surface area (Å²) in [5.74, 6) is 0.302. The van der Waals surface area contributed by atoms with Gasteiger partial charge in [0.2, 0.25) is 11.8 Å². The van der Waals surface area contributed by atoms with Crippen molar-refractivity contribution in [2.75, 3.05) is 11.9 Å². The number of allylic oxidation sites excluding steroid dienone is 1. The van der Waals surface area contributed by atoms with Crippen molar-refractivity contribution in [1.29, 1.82) is 0 Å². The molecule has 0 aliphatic heterocycles. The minimum Gasteiger partial charge on any atom is -0.490 e. The molecule has 3 aromatic carbocycles. The minimum absolute atomic E-state index is 0.345. The van der Waals surface area contributed by atoms with Crippen molar-refractivity contribution in [2.45, 2.75) is 47.1 Å². The fourth-order valence-electron chi connectivity index (χ4n) is 3.72. The lowest BCUT2D eigenvalue weighted by atomic mass is 10.1. The largest absolute Gasteiger partial charge is 0.490 e. The number of anilines is 1. The predicted octanol–water partition coefficient (Wildman–Crippen LogP) is 5.80. The first-order valence-corrected chi connectivity index (χ1v) is 12.6. The molecule has 7 heteroatoms. The molecule has 7 nitrogen and oxygen atoms in total. The number of ether oxygens (including phenoxy) is 2. The van der Waals surface area contributed by atoms with Crippen LogP contribution in [-0.4, -0.2) is 24.6 Å². The van der Waals surface area contributed by atoms with Crippen LogP contribution in [-0.2, 0) is 22.6 Å². The minimum atomic E-state index is -0.517. The normalized spacial score (nSPS) is 10.7. The van der Waals surface area contributed by atoms with Crippen molar-refractivity contribution in [2.24, 2.45) is 5.10 Å². The molecule has 0 fully saturated rings. The van der Waals surface area contributed by atoms with Crippen LogP contribution in [0.15, 0.2) is 72.4 Å². The second-order valence-corrected chi connectivity index (χ2v) is 9.02. The maximum Gasteiger partial charge on any atom is 0.249 e. The third-order valence-corrected chi connectivity index (χ3v) is 5.84. The Kier molecular flexibility index (Phi) is 10.2. The standard InChI is InChI=1S/C31H35N3O4/c1-6-8-26-16-25(17-28(37-7-2)31(26)38-20-24-12-9-21(3)10-13-24)19-32-34-30(36)18-29(35)33-27-14-11-22(4)23(5)15-27/h6,9-17,19H,1,7-8,18,20H2,2-5H3,(H,33,35)(H,34,36). The van der Waals surface area contributed by atoms with Crippen molar-refractivity contribution in [1.82, 2.24) is 5.43 Å². The lowest BCUT2D eigenvalue weighted by Gasteiger charge is -2.17. The van der Waals surface area contributed by atoms with Crippen LogP contribution in [0.25, 0.3) is 0 Å². The first-order valence-electron chi connectivity index (χ1n) is 12.6. The number of benzene rings is 3. The van der Waals surface area contributed by atoms with E-state index in [4.69, 9.17) is 9.47 Å². The number of hydrazone groups is 1. The van der Waals surface area contributed by atoms with Gasteiger partial charge in [0.25, 0.3) is 0 Å². The molecular formula is C31H35N3O4. The summed E-state index contributed by atoms with van der Waals surface area (Å²) in [6.07, 6.45) is 3.52. The van der Waals surface area contributed by atoms with Crippen LogP contribution in [0.4, 0.5) is 5.69 Å². The van der Waals surface area contributed by atoms with E-state index < -0.39 is 11.8 Å². The molecule has 0 heterocycles. The summed E-state index contributed by atoms with van der Waals surface area (Å²) < 4.78 is 12.0. The zero-order valence-electron chi connectivity index (χ0n) is 22.5. The molecule has 0 atom stereocenters. The molecule has 3 rings (SSSR count). The van der Waals surface area contributed by atoms with Crippen molar-refractivity contribution < 1.29 is 19.1 Å². The third kappa shape index (κ3) is 8.34. The summed E-state index contributed by atoms with van der Waals surface area (Å²) in [7, 11) is 0. The van der Waals surface area contributed by atoms with Crippen molar-refractivity contribution in [3.05, 3.63) is 101 Å². The molecule has 0 saturated carbocycles. The third-order valence-electron chi connectivity index (χ3n) is 5.84. The zero-order chi connectivity index (χ0) is 27.5. The molecule has 2 amide bonds. The Hall–Kier alpha value is -4.39. The van der Waals surface area contributed by atoms with Crippen LogP contribution in [0.5, 0.6) is 11.5 Å². The maximum atomic E-state index is 12.2. The summed E-state index contributed by atoms with van der Waals surface area (Å²) in [5.41, 5.74) is 9.10. The van der Waals surface area contributed by atoms with E-state index in [1.807, 2.05) is 76.2 Å². The highest BCUT2D eigenvalue weighted by molar-refractivity contribution is 6.03. The summed E-state index contributed by atoms with van der Waals surface area (Å²) >= 11 is 0. The molecule has 0 saturated heterocycles. The number of carbonyl (C=O) groups is 2. The Bertz CT molecular complexity index is 1310. The second kappa shape index (κ2) is 13.8. The van der Waals surface area contributed by atoms with Gasteiger partial charge in [-0.1, -0.05) is 42.0 Å². The SMILES string of the molecule is C=CCc1cc(C=NNC(=O)CC(=O)Nc2ccc(C)c(C)c2)cc(OCC)c1OCc1ccc(C)cc1. The number of amides is 2. The lowest BCUT2D eigenvalue weighted by molar-refractivity contribution is -0.126. The monoisotopic (exact) mass is 513 g/mol. The van der Waals surface area contributed by atoms with Crippen LogP contribution < -0.4 is 20.2 Å². The quantitative estimate of drug-likeness (QED) is 0.139. The fourth-order valence-corrected chi connectivity index (χ4v) is 3.72. The van der Waals surface area contributed by atoms with Crippen molar-refractivity contribution in [3.8, 4) is 11.5 Å². The smallest absolute Gasteiger partial charge is 0.249 e. The highest BCUT2D eigenvalue weighted by atomic mass is 16.5. The van der Waals surface area contributed by atoms with Gasteiger partial charge >= 0.3 is 0 Å². The van der Waals surface area contributed by atoms with Gasteiger partial charge in [-0.15, -0.1) is 6.58 Å². The van der Waals surface area contributed by atoms with E-state index in [2.05, 4.69) is 22.4 Å². The summed E-state index contributed by atoms with van der Waals surface area (Å²) in [6.45, 7) is 12.6. The first kappa shape index (κ1) is 28.2. The van der Waals surface area contributed by atoms with E-state index in [-0.39, 0.29) is 6.42 Å². The fraction of sp³-hybridized carbons (Fsp3) is 0.258.